The molecule has 0 unspecified atom stereocenters. The van der Waals surface area contributed by atoms with Gasteiger partial charge in [-0.25, -0.2) is 0 Å². The first-order chi connectivity index (χ1) is 24.4. The Bertz CT molecular complexity index is 1610. The van der Waals surface area contributed by atoms with Crippen molar-refractivity contribution in [2.24, 2.45) is 11.5 Å². The van der Waals surface area contributed by atoms with Crippen LogP contribution in [0.5, 0.6) is 5.75 Å². The van der Waals surface area contributed by atoms with Crippen LogP contribution in [0.4, 0.5) is 0 Å². The maximum atomic E-state index is 13.6. The molecule has 10 N–H and O–H groups in total. The van der Waals surface area contributed by atoms with Gasteiger partial charge < -0.3 is 43.2 Å². The Hall–Kier alpha value is -5.41. The zero-order valence-corrected chi connectivity index (χ0v) is 29.1. The first-order valence-electron chi connectivity index (χ1n) is 16.3. The second-order valence-electron chi connectivity index (χ2n) is 11.8. The fourth-order valence-corrected chi connectivity index (χ4v) is 5.42. The molecule has 0 spiro atoms. The lowest BCUT2D eigenvalue weighted by Crippen LogP contribution is -2.57. The van der Waals surface area contributed by atoms with Gasteiger partial charge >= 0.3 is 0 Å². The molecule has 3 aromatic carbocycles. The van der Waals surface area contributed by atoms with Gasteiger partial charge in [0.15, 0.2) is 0 Å². The number of nitrogens with one attached hydrogen (secondary N) is 5. The number of nitrogens with two attached hydrogens (primary N) is 2. The van der Waals surface area contributed by atoms with Crippen molar-refractivity contribution in [2.75, 3.05) is 25.1 Å². The molecule has 0 fully saturated rings. The van der Waals surface area contributed by atoms with Crippen LogP contribution < -0.4 is 38.1 Å². The minimum atomic E-state index is -1.13. The summed E-state index contributed by atoms with van der Waals surface area (Å²) in [5.41, 5.74) is 13.8. The van der Waals surface area contributed by atoms with Gasteiger partial charge in [0, 0.05) is 12.8 Å². The van der Waals surface area contributed by atoms with Crippen molar-refractivity contribution >= 4 is 47.2 Å². The third-order valence-electron chi connectivity index (χ3n) is 7.72. The second kappa shape index (κ2) is 21.0. The van der Waals surface area contributed by atoms with E-state index in [1.807, 2.05) is 12.3 Å². The summed E-state index contributed by atoms with van der Waals surface area (Å²) in [6.45, 7) is -0.935. The van der Waals surface area contributed by atoms with Gasteiger partial charge in [-0.3, -0.25) is 28.8 Å². The molecular weight excluding hydrogens is 675 g/mol. The van der Waals surface area contributed by atoms with Crippen LogP contribution in [-0.2, 0) is 48.0 Å². The number of phenolic OH excluding ortho intramolecular Hbond substituents is 1. The maximum absolute atomic E-state index is 13.6. The monoisotopic (exact) mass is 719 g/mol. The van der Waals surface area contributed by atoms with Crippen LogP contribution in [0, 0.1) is 0 Å². The average molecular weight is 720 g/mol. The van der Waals surface area contributed by atoms with Gasteiger partial charge in [0.2, 0.25) is 35.4 Å². The molecule has 0 radical (unpaired) electrons. The zero-order chi connectivity index (χ0) is 37.2. The molecule has 0 bridgehead atoms. The Kier molecular flexibility index (Phi) is 16.4. The molecule has 14 nitrogen and oxygen atoms in total. The molecule has 0 aliphatic carbocycles. The number of hydrogen-bond donors (Lipinski definition) is 8. The summed E-state index contributed by atoms with van der Waals surface area (Å²) >= 11 is 1.47. The number of thioether (sulfide) groups is 1. The van der Waals surface area contributed by atoms with Crippen molar-refractivity contribution in [3.63, 3.8) is 0 Å². The van der Waals surface area contributed by atoms with Crippen molar-refractivity contribution in [1.82, 2.24) is 26.6 Å². The molecule has 0 saturated heterocycles. The molecular formula is C36H45N7O7S. The number of hydrogen-bond acceptors (Lipinski definition) is 9. The minimum absolute atomic E-state index is 0.0795. The van der Waals surface area contributed by atoms with Crippen LogP contribution in [0.3, 0.4) is 0 Å². The topological polar surface area (TPSA) is 235 Å². The highest BCUT2D eigenvalue weighted by Crippen LogP contribution is 2.11. The van der Waals surface area contributed by atoms with Gasteiger partial charge in [0.1, 0.15) is 23.9 Å². The zero-order valence-electron chi connectivity index (χ0n) is 28.3. The third-order valence-corrected chi connectivity index (χ3v) is 8.36. The van der Waals surface area contributed by atoms with Crippen molar-refractivity contribution in [3.05, 3.63) is 102 Å². The summed E-state index contributed by atoms with van der Waals surface area (Å²) in [6.07, 6.45) is 2.51. The molecule has 4 atom stereocenters. The summed E-state index contributed by atoms with van der Waals surface area (Å²) in [7, 11) is 0. The van der Waals surface area contributed by atoms with E-state index in [1.165, 1.54) is 23.9 Å². The van der Waals surface area contributed by atoms with E-state index >= 15 is 0 Å². The number of rotatable bonds is 20. The minimum Gasteiger partial charge on any atom is -0.508 e. The van der Waals surface area contributed by atoms with E-state index in [9.17, 15) is 33.9 Å². The van der Waals surface area contributed by atoms with Crippen molar-refractivity contribution < 1.29 is 33.9 Å². The fourth-order valence-electron chi connectivity index (χ4n) is 4.94. The SMILES string of the molecule is CSCC[C@H](NC(=O)[C@H](Cc1ccccc1)NC(=O)CNC(=O)CNC(=O)[C@@H](N)Cc1ccc(O)cc1)C(=O)N[C@@H](Cc1ccccc1)C(N)=O. The van der Waals surface area contributed by atoms with Crippen molar-refractivity contribution in [2.45, 2.75) is 49.9 Å². The Morgan fingerprint density at radius 3 is 1.71 bits per heavy atom. The van der Waals surface area contributed by atoms with Crippen molar-refractivity contribution in [1.29, 1.82) is 0 Å². The number of amides is 6. The van der Waals surface area contributed by atoms with E-state index in [0.717, 1.165) is 16.7 Å². The summed E-state index contributed by atoms with van der Waals surface area (Å²) in [5.74, 6) is -3.30. The molecule has 3 aromatic rings. The molecule has 15 heteroatoms. The first-order valence-corrected chi connectivity index (χ1v) is 17.7. The van der Waals surface area contributed by atoms with Gasteiger partial charge in [-0.15, -0.1) is 0 Å². The predicted molar refractivity (Wildman–Crippen MR) is 194 cm³/mol. The lowest BCUT2D eigenvalue weighted by molar-refractivity contribution is -0.133. The largest absolute Gasteiger partial charge is 0.508 e. The van der Waals surface area contributed by atoms with E-state index in [0.29, 0.717) is 5.75 Å². The molecule has 0 saturated carbocycles. The van der Waals surface area contributed by atoms with Gasteiger partial charge in [-0.05, 0) is 53.7 Å². The quantitative estimate of drug-likeness (QED) is 0.0763. The lowest BCUT2D eigenvalue weighted by atomic mass is 10.0. The highest BCUT2D eigenvalue weighted by molar-refractivity contribution is 7.98. The molecule has 0 aliphatic heterocycles. The number of phenols is 1. The van der Waals surface area contributed by atoms with Gasteiger partial charge in [0.25, 0.3) is 0 Å². The molecule has 3 rings (SSSR count). The molecule has 272 valence electrons. The van der Waals surface area contributed by atoms with Gasteiger partial charge in [-0.1, -0.05) is 72.8 Å². The lowest BCUT2D eigenvalue weighted by Gasteiger charge is -2.25. The Labute approximate surface area is 300 Å². The predicted octanol–water partition coefficient (Wildman–Crippen LogP) is -0.327. The molecule has 0 aromatic heterocycles. The summed E-state index contributed by atoms with van der Waals surface area (Å²) < 4.78 is 0. The molecule has 6 amide bonds. The van der Waals surface area contributed by atoms with Gasteiger partial charge in [-0.2, -0.15) is 11.8 Å². The maximum Gasteiger partial charge on any atom is 0.243 e. The molecule has 0 heterocycles. The summed E-state index contributed by atoms with van der Waals surface area (Å²) in [5, 5.41) is 22.2. The van der Waals surface area contributed by atoms with Crippen LogP contribution in [0.15, 0.2) is 84.9 Å². The number of carbonyl (C=O) groups excluding carboxylic acids is 6. The number of primary amides is 1. The standard InChI is InChI=1S/C36H45N7O7S/c1-51-17-16-28(35(49)43-29(33(38)47)19-23-8-4-2-5-9-23)42-36(50)30(20-24-10-6-3-7-11-24)41-32(46)22-39-31(45)21-40-34(48)27(37)18-25-12-14-26(44)15-13-25/h2-15,27-30,44H,16-22,37H2,1H3,(H2,38,47)(H,39,45)(H,40,48)(H,41,46)(H,42,50)(H,43,49)/t27-,28-,29-,30-/m0/s1. The van der Waals surface area contributed by atoms with Crippen LogP contribution in [0.2, 0.25) is 0 Å². The third kappa shape index (κ3) is 14.5. The van der Waals surface area contributed by atoms with E-state index in [2.05, 4.69) is 26.6 Å². The molecule has 0 aliphatic rings. The van der Waals surface area contributed by atoms with E-state index < -0.39 is 72.7 Å². The highest BCUT2D eigenvalue weighted by Gasteiger charge is 2.29. The van der Waals surface area contributed by atoms with Crippen LogP contribution in [-0.4, -0.2) is 89.8 Å². The van der Waals surface area contributed by atoms with E-state index in [1.54, 1.807) is 66.7 Å². The van der Waals surface area contributed by atoms with Crippen LogP contribution in [0.25, 0.3) is 0 Å². The second-order valence-corrected chi connectivity index (χ2v) is 12.8. The average Bonchev–Trinajstić information content (AvgIpc) is 3.12. The van der Waals surface area contributed by atoms with E-state index in [-0.39, 0.29) is 31.4 Å². The van der Waals surface area contributed by atoms with Crippen LogP contribution >= 0.6 is 11.8 Å². The fraction of sp³-hybridized carbons (Fsp3) is 0.333. The van der Waals surface area contributed by atoms with Crippen molar-refractivity contribution in [3.8, 4) is 5.75 Å². The summed E-state index contributed by atoms with van der Waals surface area (Å²) in [4.78, 5) is 77.0. The van der Waals surface area contributed by atoms with Crippen LogP contribution in [0.1, 0.15) is 23.1 Å². The summed E-state index contributed by atoms with van der Waals surface area (Å²) in [6, 6.07) is 20.0. The molecule has 51 heavy (non-hydrogen) atoms. The Balaban J connectivity index is 1.59. The normalized spacial score (nSPS) is 13.1. The number of carbonyl (C=O) groups is 6. The smallest absolute Gasteiger partial charge is 0.243 e. The number of aromatic hydroxyl groups is 1. The Morgan fingerprint density at radius 1 is 0.627 bits per heavy atom. The van der Waals surface area contributed by atoms with E-state index in [4.69, 9.17) is 11.5 Å². The first kappa shape index (κ1) is 40.0. The van der Waals surface area contributed by atoms with Gasteiger partial charge in [0.05, 0.1) is 19.1 Å². The highest BCUT2D eigenvalue weighted by atomic mass is 32.2. The number of benzene rings is 3. The Morgan fingerprint density at radius 2 is 1.14 bits per heavy atom.